The second kappa shape index (κ2) is 11.5. The molecule has 11 heteroatoms. The fourth-order valence-corrected chi connectivity index (χ4v) is 6.69. The lowest BCUT2D eigenvalue weighted by atomic mass is 9.81. The summed E-state index contributed by atoms with van der Waals surface area (Å²) < 4.78 is 54.8. The average Bonchev–Trinajstić information content (AvgIpc) is 3.49. The Kier molecular flexibility index (Phi) is 7.73. The van der Waals surface area contributed by atoms with E-state index >= 15 is 0 Å². The molecule has 44 heavy (non-hydrogen) atoms. The minimum absolute atomic E-state index is 0.00199. The fraction of sp³-hybridized carbons (Fsp3) is 0.364. The van der Waals surface area contributed by atoms with E-state index in [9.17, 15) is 27.9 Å². The molecule has 1 aliphatic carbocycles. The van der Waals surface area contributed by atoms with Gasteiger partial charge in [-0.25, -0.2) is 9.59 Å². The van der Waals surface area contributed by atoms with Crippen molar-refractivity contribution >= 4 is 34.5 Å². The highest BCUT2D eigenvalue weighted by Gasteiger charge is 2.35. The molecule has 0 spiro atoms. The van der Waals surface area contributed by atoms with Gasteiger partial charge in [-0.2, -0.15) is 18.3 Å². The molecule has 1 saturated carbocycles. The molecule has 2 aromatic heterocycles. The molecular formula is C33H32F3N3O5. The van der Waals surface area contributed by atoms with E-state index in [-0.39, 0.29) is 35.9 Å². The van der Waals surface area contributed by atoms with Gasteiger partial charge in [0.15, 0.2) is 0 Å². The van der Waals surface area contributed by atoms with E-state index in [4.69, 9.17) is 9.47 Å². The topological polar surface area (TPSA) is 95.6 Å². The highest BCUT2D eigenvalue weighted by atomic mass is 19.4. The maximum atomic E-state index is 13.8. The van der Waals surface area contributed by atoms with Crippen LogP contribution in [-0.2, 0) is 17.8 Å². The van der Waals surface area contributed by atoms with Gasteiger partial charge in [0.1, 0.15) is 17.9 Å². The van der Waals surface area contributed by atoms with Crippen LogP contribution in [0.25, 0.3) is 33.8 Å². The van der Waals surface area contributed by atoms with Gasteiger partial charge in [-0.15, -0.1) is 0 Å². The molecule has 0 amide bonds. The van der Waals surface area contributed by atoms with Crippen molar-refractivity contribution in [3.63, 3.8) is 0 Å². The molecule has 2 aliphatic rings. The van der Waals surface area contributed by atoms with Crippen molar-refractivity contribution in [1.82, 2.24) is 14.3 Å². The van der Waals surface area contributed by atoms with E-state index in [1.54, 1.807) is 25.1 Å². The first-order valence-electron chi connectivity index (χ1n) is 14.7. The first-order valence-corrected chi connectivity index (χ1v) is 14.7. The molecule has 230 valence electrons. The van der Waals surface area contributed by atoms with Crippen molar-refractivity contribution in [2.75, 3.05) is 13.7 Å². The number of fused-ring (bicyclic) bond motifs is 5. The number of halogens is 3. The first-order chi connectivity index (χ1) is 21.1. The van der Waals surface area contributed by atoms with Gasteiger partial charge in [0, 0.05) is 16.5 Å². The van der Waals surface area contributed by atoms with Gasteiger partial charge in [-0.1, -0.05) is 25.3 Å². The summed E-state index contributed by atoms with van der Waals surface area (Å²) in [5.74, 6) is -1.07. The number of carbonyl (C=O) groups is 2. The first kappa shape index (κ1) is 29.5. The monoisotopic (exact) mass is 607 g/mol. The molecule has 0 bridgehead atoms. The summed E-state index contributed by atoms with van der Waals surface area (Å²) >= 11 is 0. The van der Waals surface area contributed by atoms with Gasteiger partial charge < -0.3 is 19.1 Å². The molecule has 8 nitrogen and oxygen atoms in total. The molecule has 2 aromatic carbocycles. The zero-order valence-corrected chi connectivity index (χ0v) is 24.4. The van der Waals surface area contributed by atoms with Gasteiger partial charge >= 0.3 is 18.1 Å². The summed E-state index contributed by atoms with van der Waals surface area (Å²) in [6.07, 6.45) is 3.53. The number of carbonyl (C=O) groups excluding carboxylic acids is 1. The number of rotatable bonds is 7. The van der Waals surface area contributed by atoms with Crippen LogP contribution in [-0.4, -0.2) is 51.3 Å². The van der Waals surface area contributed by atoms with Crippen molar-refractivity contribution in [3.05, 3.63) is 70.5 Å². The fourth-order valence-electron chi connectivity index (χ4n) is 6.69. The Labute approximate surface area is 251 Å². The van der Waals surface area contributed by atoms with E-state index in [0.717, 1.165) is 65.2 Å². The Bertz CT molecular complexity index is 1790. The van der Waals surface area contributed by atoms with E-state index in [1.165, 1.54) is 7.11 Å². The third kappa shape index (κ3) is 5.35. The maximum Gasteiger partial charge on any atom is 0.408 e. The number of alkyl halides is 3. The minimum Gasteiger partial charge on any atom is -0.497 e. The molecule has 1 N–H and O–H groups in total. The van der Waals surface area contributed by atoms with Gasteiger partial charge in [0.2, 0.25) is 0 Å². The quantitative estimate of drug-likeness (QED) is 0.218. The Hall–Kier alpha value is -4.54. The lowest BCUT2D eigenvalue weighted by Gasteiger charge is -2.24. The Morgan fingerprint density at radius 2 is 1.84 bits per heavy atom. The summed E-state index contributed by atoms with van der Waals surface area (Å²) in [5.41, 5.74) is 4.62. The van der Waals surface area contributed by atoms with Crippen LogP contribution < -0.4 is 4.74 Å². The van der Waals surface area contributed by atoms with Crippen LogP contribution in [0.2, 0.25) is 0 Å². The number of carboxylic acid groups (broad SMARTS) is 1. The molecule has 0 radical (unpaired) electrons. The molecule has 4 aromatic rings. The maximum absolute atomic E-state index is 13.8. The lowest BCUT2D eigenvalue weighted by Crippen LogP contribution is -2.21. The molecule has 0 atom stereocenters. The number of aromatic carboxylic acids is 1. The summed E-state index contributed by atoms with van der Waals surface area (Å²) in [6.45, 7) is 0.321. The van der Waals surface area contributed by atoms with Crippen molar-refractivity contribution in [2.45, 2.75) is 64.2 Å². The zero-order chi connectivity index (χ0) is 31.2. The Morgan fingerprint density at radius 3 is 2.52 bits per heavy atom. The van der Waals surface area contributed by atoms with E-state index in [2.05, 4.69) is 5.10 Å². The largest absolute Gasteiger partial charge is 0.497 e. The van der Waals surface area contributed by atoms with E-state index in [1.807, 2.05) is 28.8 Å². The Morgan fingerprint density at radius 1 is 1.07 bits per heavy atom. The van der Waals surface area contributed by atoms with E-state index in [0.29, 0.717) is 22.4 Å². The van der Waals surface area contributed by atoms with Crippen LogP contribution >= 0.6 is 0 Å². The third-order valence-electron chi connectivity index (χ3n) is 8.50. The minimum atomic E-state index is -4.60. The van der Waals surface area contributed by atoms with E-state index < -0.39 is 24.7 Å². The summed E-state index contributed by atoms with van der Waals surface area (Å²) in [4.78, 5) is 25.1. The highest BCUT2D eigenvalue weighted by Crippen LogP contribution is 2.48. The Balaban J connectivity index is 1.67. The van der Waals surface area contributed by atoms with Crippen LogP contribution in [0.15, 0.2) is 42.6 Å². The smallest absolute Gasteiger partial charge is 0.408 e. The van der Waals surface area contributed by atoms with Crippen LogP contribution in [0.5, 0.6) is 5.75 Å². The van der Waals surface area contributed by atoms with Crippen LogP contribution in [0, 0.1) is 0 Å². The number of hydrogen-bond acceptors (Lipinski definition) is 5. The molecule has 0 saturated heterocycles. The van der Waals surface area contributed by atoms with Gasteiger partial charge in [-0.05, 0) is 78.8 Å². The second-order valence-electron chi connectivity index (χ2n) is 11.2. The van der Waals surface area contributed by atoms with Gasteiger partial charge in [0.05, 0.1) is 43.4 Å². The number of benzene rings is 2. The van der Waals surface area contributed by atoms with Crippen molar-refractivity contribution in [2.24, 2.45) is 0 Å². The number of esters is 1. The molecule has 6 rings (SSSR count). The van der Waals surface area contributed by atoms with Crippen molar-refractivity contribution in [3.8, 4) is 17.0 Å². The average molecular weight is 608 g/mol. The predicted molar refractivity (Wildman–Crippen MR) is 159 cm³/mol. The van der Waals surface area contributed by atoms with Crippen LogP contribution in [0.3, 0.4) is 0 Å². The van der Waals surface area contributed by atoms with Gasteiger partial charge in [0.25, 0.3) is 0 Å². The molecule has 3 heterocycles. The predicted octanol–water partition coefficient (Wildman–Crippen LogP) is 7.55. The molecule has 1 aliphatic heterocycles. The number of ether oxygens (including phenoxy) is 2. The van der Waals surface area contributed by atoms with Crippen molar-refractivity contribution in [1.29, 1.82) is 0 Å². The third-order valence-corrected chi connectivity index (χ3v) is 8.50. The van der Waals surface area contributed by atoms with Gasteiger partial charge in [-0.3, -0.25) is 4.68 Å². The number of allylic oxidation sites excluding steroid dienone is 1. The zero-order valence-electron chi connectivity index (χ0n) is 24.4. The number of methoxy groups -OCH3 is 1. The number of hydrogen-bond donors (Lipinski definition) is 1. The number of nitrogens with zero attached hydrogens (tertiary/aromatic N) is 3. The summed E-state index contributed by atoms with van der Waals surface area (Å²) in [6, 6.07) is 10.7. The second-order valence-corrected chi connectivity index (χ2v) is 11.2. The molecule has 1 fully saturated rings. The number of carboxylic acids is 1. The highest BCUT2D eigenvalue weighted by molar-refractivity contribution is 6.03. The molecule has 0 unspecified atom stereocenters. The lowest BCUT2D eigenvalue weighted by molar-refractivity contribution is -0.142. The SMILES string of the molecule is CCOC(=O)c1cnn(CC(F)(F)F)c1C1=Cc2cc(OC)ccc2-c2c(C3CCCCC3)c3ccc(C(=O)O)cc3n2C1. The molecular weight excluding hydrogens is 575 g/mol. The normalized spacial score (nSPS) is 15.3. The van der Waals surface area contributed by atoms with Crippen LogP contribution in [0.4, 0.5) is 13.2 Å². The number of aromatic nitrogens is 3. The van der Waals surface area contributed by atoms with Crippen LogP contribution in [0.1, 0.15) is 82.5 Å². The summed E-state index contributed by atoms with van der Waals surface area (Å²) in [7, 11) is 1.54. The summed E-state index contributed by atoms with van der Waals surface area (Å²) in [5, 5.41) is 14.8. The van der Waals surface area contributed by atoms with Crippen molar-refractivity contribution < 1.29 is 37.3 Å². The standard InChI is InChI=1S/C33H32F3N3O5/c1-3-44-32(42)26-16-37-39(18-33(34,35)36)29(26)22-13-21-14-23(43-2)10-12-24(21)30-28(19-7-5-4-6-8-19)25-11-9-20(31(40)41)15-27(25)38(30)17-22/h9-16,19H,3-8,17-18H2,1-2H3,(H,40,41).